The van der Waals surface area contributed by atoms with Gasteiger partial charge in [0.2, 0.25) is 10.0 Å². The van der Waals surface area contributed by atoms with E-state index in [-0.39, 0.29) is 32.5 Å². The van der Waals surface area contributed by atoms with Crippen LogP contribution >= 0.6 is 23.2 Å². The molecule has 8 heteroatoms. The Kier molecular flexibility index (Phi) is 6.65. The zero-order valence-corrected chi connectivity index (χ0v) is 17.8. The highest BCUT2D eigenvalue weighted by atomic mass is 35.5. The van der Waals surface area contributed by atoms with Crippen LogP contribution in [0.25, 0.3) is 0 Å². The minimum atomic E-state index is -3.84. The van der Waals surface area contributed by atoms with E-state index in [1.54, 1.807) is 7.05 Å². The summed E-state index contributed by atoms with van der Waals surface area (Å²) in [6.45, 7) is 0.376. The molecule has 0 saturated heterocycles. The van der Waals surface area contributed by atoms with Gasteiger partial charge in [-0.2, -0.15) is 0 Å². The van der Waals surface area contributed by atoms with Gasteiger partial charge >= 0.3 is 0 Å². The maximum absolute atomic E-state index is 12.9. The van der Waals surface area contributed by atoms with Crippen LogP contribution in [0.15, 0.2) is 47.4 Å². The molecule has 3 rings (SSSR count). The quantitative estimate of drug-likeness (QED) is 0.719. The molecular weight excluding hydrogens is 419 g/mol. The number of nitrogens with zero attached hydrogens (tertiary/aromatic N) is 1. The summed E-state index contributed by atoms with van der Waals surface area (Å²) in [7, 11) is -2.20. The van der Waals surface area contributed by atoms with E-state index in [4.69, 9.17) is 23.2 Å². The zero-order chi connectivity index (χ0) is 20.3. The third-order valence-electron chi connectivity index (χ3n) is 4.83. The Hall–Kier alpha value is -1.60. The minimum absolute atomic E-state index is 0.00207. The van der Waals surface area contributed by atoms with Crippen LogP contribution in [0.3, 0.4) is 0 Å². The fraction of sp³-hybridized carbons (Fsp3) is 0.350. The Labute approximate surface area is 175 Å². The zero-order valence-electron chi connectivity index (χ0n) is 15.5. The van der Waals surface area contributed by atoms with Crippen molar-refractivity contribution in [1.82, 2.24) is 9.62 Å². The largest absolute Gasteiger partial charge is 0.337 e. The van der Waals surface area contributed by atoms with Crippen molar-refractivity contribution < 1.29 is 13.2 Å². The lowest BCUT2D eigenvalue weighted by molar-refractivity contribution is 0.0785. The van der Waals surface area contributed by atoms with E-state index in [1.807, 2.05) is 30.3 Å². The van der Waals surface area contributed by atoms with Gasteiger partial charge in [0.15, 0.2) is 0 Å². The van der Waals surface area contributed by atoms with Crippen LogP contribution in [0.2, 0.25) is 10.0 Å². The third-order valence-corrected chi connectivity index (χ3v) is 7.13. The van der Waals surface area contributed by atoms with E-state index in [0.717, 1.165) is 31.2 Å². The number of benzene rings is 2. The number of rotatable bonds is 6. The number of carbonyl (C=O) groups excluding carboxylic acids is 1. The number of halogens is 2. The van der Waals surface area contributed by atoms with E-state index >= 15 is 0 Å². The molecule has 0 aromatic heterocycles. The normalized spacial score (nSPS) is 15.0. The number of hydrogen-bond donors (Lipinski definition) is 1. The summed E-state index contributed by atoms with van der Waals surface area (Å²) in [4.78, 5) is 14.3. The van der Waals surface area contributed by atoms with Crippen LogP contribution in [-0.2, 0) is 16.6 Å². The molecule has 0 aliphatic heterocycles. The fourth-order valence-electron chi connectivity index (χ4n) is 3.36. The van der Waals surface area contributed by atoms with Crippen molar-refractivity contribution in [2.45, 2.75) is 43.2 Å². The Morgan fingerprint density at radius 2 is 1.75 bits per heavy atom. The summed E-state index contributed by atoms with van der Waals surface area (Å²) in [5.41, 5.74) is 1.07. The molecule has 1 fully saturated rings. The monoisotopic (exact) mass is 440 g/mol. The average molecular weight is 441 g/mol. The van der Waals surface area contributed by atoms with Crippen LogP contribution < -0.4 is 4.72 Å². The van der Waals surface area contributed by atoms with Crippen molar-refractivity contribution in [2.75, 3.05) is 7.05 Å². The highest BCUT2D eigenvalue weighted by Crippen LogP contribution is 2.30. The van der Waals surface area contributed by atoms with Gasteiger partial charge in [0, 0.05) is 19.6 Å². The molecule has 0 bridgehead atoms. The van der Waals surface area contributed by atoms with Crippen LogP contribution in [0.4, 0.5) is 0 Å². The van der Waals surface area contributed by atoms with Crippen LogP contribution in [0.1, 0.15) is 41.6 Å². The Morgan fingerprint density at radius 1 is 1.11 bits per heavy atom. The molecule has 0 unspecified atom stereocenters. The van der Waals surface area contributed by atoms with Gasteiger partial charge in [-0.25, -0.2) is 13.1 Å². The topological polar surface area (TPSA) is 66.5 Å². The molecule has 0 atom stereocenters. The predicted molar refractivity (Wildman–Crippen MR) is 111 cm³/mol. The van der Waals surface area contributed by atoms with E-state index in [9.17, 15) is 13.2 Å². The van der Waals surface area contributed by atoms with Gasteiger partial charge in [-0.15, -0.1) is 0 Å². The van der Waals surface area contributed by atoms with Crippen molar-refractivity contribution in [1.29, 1.82) is 0 Å². The summed E-state index contributed by atoms with van der Waals surface area (Å²) in [5, 5.41) is 0.118. The molecule has 5 nitrogen and oxygen atoms in total. The maximum Gasteiger partial charge on any atom is 0.255 e. The predicted octanol–water partition coefficient (Wildman–Crippen LogP) is 4.49. The van der Waals surface area contributed by atoms with Gasteiger partial charge in [-0.3, -0.25) is 4.79 Å². The molecule has 2 aromatic rings. The second kappa shape index (κ2) is 8.82. The van der Waals surface area contributed by atoms with E-state index < -0.39 is 10.0 Å². The summed E-state index contributed by atoms with van der Waals surface area (Å²) in [6, 6.07) is 12.0. The lowest BCUT2D eigenvalue weighted by Crippen LogP contribution is -2.33. The molecule has 1 aliphatic carbocycles. The molecule has 0 spiro atoms. The van der Waals surface area contributed by atoms with Crippen molar-refractivity contribution in [3.63, 3.8) is 0 Å². The van der Waals surface area contributed by atoms with Gasteiger partial charge in [0.25, 0.3) is 5.91 Å². The summed E-state index contributed by atoms with van der Waals surface area (Å²) >= 11 is 12.4. The number of sulfonamides is 1. The molecule has 2 aromatic carbocycles. The molecular formula is C20H22Cl2N2O3S. The van der Waals surface area contributed by atoms with Gasteiger partial charge < -0.3 is 4.90 Å². The highest BCUT2D eigenvalue weighted by Gasteiger charge is 2.27. The minimum Gasteiger partial charge on any atom is -0.337 e. The van der Waals surface area contributed by atoms with Crippen molar-refractivity contribution >= 4 is 39.1 Å². The maximum atomic E-state index is 12.9. The number of carbonyl (C=O) groups is 1. The lowest BCUT2D eigenvalue weighted by Gasteiger charge is -2.19. The molecule has 1 amide bonds. The lowest BCUT2D eigenvalue weighted by atomic mass is 10.1. The number of amides is 1. The van der Waals surface area contributed by atoms with Crippen molar-refractivity contribution in [3.05, 3.63) is 63.6 Å². The summed E-state index contributed by atoms with van der Waals surface area (Å²) < 4.78 is 28.3. The van der Waals surface area contributed by atoms with E-state index in [2.05, 4.69) is 4.72 Å². The van der Waals surface area contributed by atoms with Crippen molar-refractivity contribution in [3.8, 4) is 0 Å². The first-order chi connectivity index (χ1) is 13.3. The van der Waals surface area contributed by atoms with Crippen molar-refractivity contribution in [2.24, 2.45) is 0 Å². The van der Waals surface area contributed by atoms with E-state index in [0.29, 0.717) is 6.54 Å². The first-order valence-electron chi connectivity index (χ1n) is 9.08. The number of nitrogens with one attached hydrogen (secondary N) is 1. The number of hydrogen-bond acceptors (Lipinski definition) is 3. The van der Waals surface area contributed by atoms with E-state index in [1.165, 1.54) is 17.0 Å². The standard InChI is InChI=1S/C20H22Cl2N2O3S/c1-24(13-14-7-3-2-4-8-14)20(25)16-11-19(18(22)12-17(16)21)28(26,27)23-15-9-5-6-10-15/h2-4,7-8,11-12,15,23H,5-6,9-10,13H2,1H3. The van der Waals surface area contributed by atoms with Gasteiger partial charge in [-0.05, 0) is 30.5 Å². The second-order valence-electron chi connectivity index (χ2n) is 7.01. The molecule has 1 N–H and O–H groups in total. The first-order valence-corrected chi connectivity index (χ1v) is 11.3. The second-order valence-corrected chi connectivity index (χ2v) is 9.51. The van der Waals surface area contributed by atoms with Gasteiger partial charge in [0.1, 0.15) is 4.90 Å². The molecule has 150 valence electrons. The molecule has 0 heterocycles. The molecule has 1 aliphatic rings. The van der Waals surface area contributed by atoms with Gasteiger partial charge in [-0.1, -0.05) is 66.4 Å². The highest BCUT2D eigenvalue weighted by molar-refractivity contribution is 7.89. The average Bonchev–Trinajstić information content (AvgIpc) is 3.14. The van der Waals surface area contributed by atoms with Crippen LogP contribution in [0, 0.1) is 0 Å². The molecule has 28 heavy (non-hydrogen) atoms. The smallest absolute Gasteiger partial charge is 0.255 e. The Balaban J connectivity index is 1.87. The Bertz CT molecular complexity index is 959. The fourth-order valence-corrected chi connectivity index (χ4v) is 5.52. The van der Waals surface area contributed by atoms with Gasteiger partial charge in [0.05, 0.1) is 15.6 Å². The SMILES string of the molecule is CN(Cc1ccccc1)C(=O)c1cc(S(=O)(=O)NC2CCCC2)c(Cl)cc1Cl. The summed E-state index contributed by atoms with van der Waals surface area (Å²) in [5.74, 6) is -0.372. The summed E-state index contributed by atoms with van der Waals surface area (Å²) in [6.07, 6.45) is 3.59. The third kappa shape index (κ3) is 4.87. The Morgan fingerprint density at radius 3 is 2.39 bits per heavy atom. The van der Waals surface area contributed by atoms with Crippen LogP contribution in [-0.4, -0.2) is 32.3 Å². The van der Waals surface area contributed by atoms with Crippen LogP contribution in [0.5, 0.6) is 0 Å². The molecule has 0 radical (unpaired) electrons. The molecule has 1 saturated carbocycles. The first kappa shape index (κ1) is 21.1.